The molecule has 35 heavy (non-hydrogen) atoms. The molecule has 0 bridgehead atoms. The number of hydrogen-bond donors (Lipinski definition) is 0. The van der Waals surface area contributed by atoms with Gasteiger partial charge in [-0.1, -0.05) is 54.1 Å². The average molecular weight is 475 g/mol. The van der Waals surface area contributed by atoms with Crippen LogP contribution in [0.2, 0.25) is 0 Å². The lowest BCUT2D eigenvalue weighted by Gasteiger charge is -2.32. The second kappa shape index (κ2) is 12.1. The van der Waals surface area contributed by atoms with Crippen LogP contribution in [0.4, 0.5) is 4.39 Å². The first kappa shape index (κ1) is 25.1. The number of likely N-dealkylation sites (N-methyl/N-ethyl adjacent to an activating group) is 1. The van der Waals surface area contributed by atoms with E-state index in [9.17, 15) is 9.18 Å². The lowest BCUT2D eigenvalue weighted by molar-refractivity contribution is -0.118. The van der Waals surface area contributed by atoms with Crippen molar-refractivity contribution in [2.75, 3.05) is 46.4 Å². The SMILES string of the molecule is Cc1cccc(CCC(=O)Cc2ccc(-c3ccc(OCCN4CCN(C)CC4)cc3F)cc2)c1. The normalized spacial score (nSPS) is 14.7. The minimum atomic E-state index is -0.302. The predicted molar refractivity (Wildman–Crippen MR) is 139 cm³/mol. The molecule has 1 aliphatic heterocycles. The van der Waals surface area contributed by atoms with E-state index >= 15 is 0 Å². The number of ether oxygens (including phenoxy) is 1. The highest BCUT2D eigenvalue weighted by Crippen LogP contribution is 2.27. The van der Waals surface area contributed by atoms with Crippen LogP contribution in [0.3, 0.4) is 0 Å². The van der Waals surface area contributed by atoms with Gasteiger partial charge in [-0.15, -0.1) is 0 Å². The van der Waals surface area contributed by atoms with Gasteiger partial charge in [0.2, 0.25) is 0 Å². The Kier molecular flexibility index (Phi) is 8.67. The van der Waals surface area contributed by atoms with Crippen molar-refractivity contribution in [2.45, 2.75) is 26.2 Å². The molecule has 3 aromatic rings. The van der Waals surface area contributed by atoms with Gasteiger partial charge in [-0.2, -0.15) is 0 Å². The summed E-state index contributed by atoms with van der Waals surface area (Å²) in [6.45, 7) is 7.69. The summed E-state index contributed by atoms with van der Waals surface area (Å²) in [6, 6.07) is 20.9. The average Bonchev–Trinajstić information content (AvgIpc) is 2.85. The van der Waals surface area contributed by atoms with Crippen molar-refractivity contribution >= 4 is 5.78 Å². The molecule has 5 heteroatoms. The van der Waals surface area contributed by atoms with Gasteiger partial charge in [0.15, 0.2) is 0 Å². The summed E-state index contributed by atoms with van der Waals surface area (Å²) in [4.78, 5) is 17.1. The zero-order chi connectivity index (χ0) is 24.6. The number of carbonyl (C=O) groups is 1. The fraction of sp³-hybridized carbons (Fsp3) is 0.367. The molecule has 4 rings (SSSR count). The maximum atomic E-state index is 14.8. The van der Waals surface area contributed by atoms with Gasteiger partial charge >= 0.3 is 0 Å². The van der Waals surface area contributed by atoms with Crippen LogP contribution in [-0.4, -0.2) is 62.0 Å². The number of aryl methyl sites for hydroxylation is 2. The zero-order valence-corrected chi connectivity index (χ0v) is 20.8. The standard InChI is InChI=1S/C30H35FN2O2/c1-23-4-3-5-24(20-23)8-11-27(34)21-25-6-9-26(10-7-25)29-13-12-28(22-30(29)31)35-19-18-33-16-14-32(2)15-17-33/h3-7,9-10,12-13,20,22H,8,11,14-19,21H2,1-2H3. The highest BCUT2D eigenvalue weighted by molar-refractivity contribution is 5.81. The summed E-state index contributed by atoms with van der Waals surface area (Å²) < 4.78 is 20.6. The van der Waals surface area contributed by atoms with Crippen LogP contribution in [-0.2, 0) is 17.6 Å². The third-order valence-electron chi connectivity index (χ3n) is 6.65. The van der Waals surface area contributed by atoms with E-state index in [1.54, 1.807) is 6.07 Å². The van der Waals surface area contributed by atoms with Crippen LogP contribution >= 0.6 is 0 Å². The molecule has 1 fully saturated rings. The maximum absolute atomic E-state index is 14.8. The number of nitrogens with zero attached hydrogens (tertiary/aromatic N) is 2. The predicted octanol–water partition coefficient (Wildman–Crippen LogP) is 5.17. The minimum Gasteiger partial charge on any atom is -0.492 e. The van der Waals surface area contributed by atoms with Gasteiger partial charge in [-0.05, 0) is 49.2 Å². The van der Waals surface area contributed by atoms with Crippen molar-refractivity contribution in [1.29, 1.82) is 0 Å². The van der Waals surface area contributed by atoms with Crippen LogP contribution < -0.4 is 4.74 Å². The van der Waals surface area contributed by atoms with Gasteiger partial charge in [-0.25, -0.2) is 4.39 Å². The first-order valence-electron chi connectivity index (χ1n) is 12.5. The van der Waals surface area contributed by atoms with Crippen molar-refractivity contribution < 1.29 is 13.9 Å². The molecule has 1 saturated heterocycles. The molecule has 1 heterocycles. The molecule has 0 saturated carbocycles. The second-order valence-electron chi connectivity index (χ2n) is 9.54. The fourth-order valence-corrected chi connectivity index (χ4v) is 4.45. The molecule has 0 radical (unpaired) electrons. The Balaban J connectivity index is 1.26. The molecule has 0 aromatic heterocycles. The van der Waals surface area contributed by atoms with Gasteiger partial charge in [-0.3, -0.25) is 9.69 Å². The van der Waals surface area contributed by atoms with Crippen molar-refractivity contribution in [2.24, 2.45) is 0 Å². The lowest BCUT2D eigenvalue weighted by Crippen LogP contribution is -2.45. The van der Waals surface area contributed by atoms with Crippen molar-refractivity contribution in [3.05, 3.63) is 89.2 Å². The van der Waals surface area contributed by atoms with E-state index in [2.05, 4.69) is 42.0 Å². The molecular formula is C30H35FN2O2. The number of Topliss-reactive ketones (excluding diaryl/α,β-unsaturated/α-hetero) is 1. The number of hydrogen-bond acceptors (Lipinski definition) is 4. The molecule has 3 aromatic carbocycles. The Morgan fingerprint density at radius 2 is 1.71 bits per heavy atom. The number of carbonyl (C=O) groups excluding carboxylic acids is 1. The minimum absolute atomic E-state index is 0.212. The van der Waals surface area contributed by atoms with Gasteiger partial charge in [0.25, 0.3) is 0 Å². The van der Waals surface area contributed by atoms with Gasteiger partial charge < -0.3 is 9.64 Å². The van der Waals surface area contributed by atoms with E-state index in [1.807, 2.05) is 36.4 Å². The number of rotatable bonds is 10. The van der Waals surface area contributed by atoms with E-state index in [4.69, 9.17) is 4.74 Å². The summed E-state index contributed by atoms with van der Waals surface area (Å²) >= 11 is 0. The highest BCUT2D eigenvalue weighted by atomic mass is 19.1. The smallest absolute Gasteiger partial charge is 0.137 e. The van der Waals surface area contributed by atoms with Gasteiger partial charge in [0.1, 0.15) is 24.0 Å². The summed E-state index contributed by atoms with van der Waals surface area (Å²) in [5.41, 5.74) is 4.68. The van der Waals surface area contributed by atoms with Gasteiger partial charge in [0, 0.05) is 57.2 Å². The second-order valence-corrected chi connectivity index (χ2v) is 9.54. The van der Waals surface area contributed by atoms with E-state index in [-0.39, 0.29) is 11.6 Å². The van der Waals surface area contributed by atoms with E-state index in [1.165, 1.54) is 17.2 Å². The number of halogens is 1. The summed E-state index contributed by atoms with van der Waals surface area (Å²) in [5, 5.41) is 0. The Morgan fingerprint density at radius 1 is 0.943 bits per heavy atom. The van der Waals surface area contributed by atoms with Crippen molar-refractivity contribution in [3.8, 4) is 16.9 Å². The van der Waals surface area contributed by atoms with Crippen LogP contribution in [0.15, 0.2) is 66.7 Å². The molecule has 184 valence electrons. The zero-order valence-electron chi connectivity index (χ0n) is 20.8. The van der Waals surface area contributed by atoms with E-state index in [0.717, 1.165) is 50.3 Å². The largest absolute Gasteiger partial charge is 0.492 e. The Bertz CT molecular complexity index is 1120. The highest BCUT2D eigenvalue weighted by Gasteiger charge is 2.14. The summed E-state index contributed by atoms with van der Waals surface area (Å²) in [5.74, 6) is 0.462. The van der Waals surface area contributed by atoms with Gasteiger partial charge in [0.05, 0.1) is 0 Å². The molecular weight excluding hydrogens is 439 g/mol. The van der Waals surface area contributed by atoms with E-state index in [0.29, 0.717) is 30.8 Å². The molecule has 1 aliphatic rings. The van der Waals surface area contributed by atoms with Crippen LogP contribution in [0.25, 0.3) is 11.1 Å². The first-order valence-corrected chi connectivity index (χ1v) is 12.5. The molecule has 0 unspecified atom stereocenters. The lowest BCUT2D eigenvalue weighted by atomic mass is 9.99. The molecule has 0 atom stereocenters. The third kappa shape index (κ3) is 7.48. The van der Waals surface area contributed by atoms with Crippen molar-refractivity contribution in [1.82, 2.24) is 9.80 Å². The number of benzene rings is 3. The Hall–Kier alpha value is -3.02. The Labute approximate surface area is 208 Å². The topological polar surface area (TPSA) is 32.8 Å². The van der Waals surface area contributed by atoms with Crippen LogP contribution in [0.1, 0.15) is 23.1 Å². The fourth-order valence-electron chi connectivity index (χ4n) is 4.45. The summed E-state index contributed by atoms with van der Waals surface area (Å²) in [7, 11) is 2.14. The molecule has 0 N–H and O–H groups in total. The molecule has 0 amide bonds. The number of ketones is 1. The summed E-state index contributed by atoms with van der Waals surface area (Å²) in [6.07, 6.45) is 1.68. The molecule has 4 nitrogen and oxygen atoms in total. The Morgan fingerprint density at radius 3 is 2.43 bits per heavy atom. The van der Waals surface area contributed by atoms with E-state index < -0.39 is 0 Å². The first-order chi connectivity index (χ1) is 17.0. The molecule has 0 aliphatic carbocycles. The van der Waals surface area contributed by atoms with Crippen molar-refractivity contribution in [3.63, 3.8) is 0 Å². The van der Waals surface area contributed by atoms with Crippen LogP contribution in [0, 0.1) is 12.7 Å². The number of piperazine rings is 1. The molecule has 0 spiro atoms. The monoisotopic (exact) mass is 474 g/mol. The third-order valence-corrected chi connectivity index (χ3v) is 6.65. The quantitative estimate of drug-likeness (QED) is 0.406. The van der Waals surface area contributed by atoms with Crippen LogP contribution in [0.5, 0.6) is 5.75 Å². The maximum Gasteiger partial charge on any atom is 0.137 e.